The van der Waals surface area contributed by atoms with Crippen molar-refractivity contribution in [2.45, 2.75) is 13.0 Å². The van der Waals surface area contributed by atoms with Crippen LogP contribution in [0.5, 0.6) is 5.75 Å². The van der Waals surface area contributed by atoms with Gasteiger partial charge in [-0.15, -0.1) is 5.10 Å². The zero-order chi connectivity index (χ0) is 14.4. The second-order valence-corrected chi connectivity index (χ2v) is 4.47. The number of aliphatic carboxylic acids is 1. The van der Waals surface area contributed by atoms with Gasteiger partial charge >= 0.3 is 5.97 Å². The molecule has 0 spiro atoms. The number of hydrogen-bond acceptors (Lipinski definition) is 4. The first-order chi connectivity index (χ1) is 8.90. The summed E-state index contributed by atoms with van der Waals surface area (Å²) < 4.78 is 6.08. The molecule has 19 heavy (non-hydrogen) atoms. The number of benzene rings is 1. The second kappa shape index (κ2) is 6.74. The molecule has 0 heterocycles. The molecular formula is C11H13BrN4O3. The molecule has 1 atom stereocenters. The third-order valence-electron chi connectivity index (χ3n) is 1.99. The molecule has 0 aliphatic rings. The van der Waals surface area contributed by atoms with E-state index in [1.807, 2.05) is 0 Å². The van der Waals surface area contributed by atoms with Crippen molar-refractivity contribution in [2.75, 3.05) is 0 Å². The Hall–Kier alpha value is -2.09. The number of ether oxygens (including phenoxy) is 1. The molecule has 0 amide bonds. The number of halogens is 1. The van der Waals surface area contributed by atoms with E-state index in [0.29, 0.717) is 11.3 Å². The number of carboxylic acid groups (broad SMARTS) is 1. The fraction of sp³-hybridized carbons (Fsp3) is 0.182. The Bertz CT molecular complexity index is 527. The first kappa shape index (κ1) is 15.0. The first-order valence-corrected chi connectivity index (χ1v) is 6.00. The average Bonchev–Trinajstić information content (AvgIpc) is 2.31. The molecule has 1 aromatic carbocycles. The van der Waals surface area contributed by atoms with Crippen LogP contribution >= 0.6 is 15.9 Å². The number of nitrogens with zero attached hydrogens (tertiary/aromatic N) is 2. The Morgan fingerprint density at radius 1 is 1.53 bits per heavy atom. The summed E-state index contributed by atoms with van der Waals surface area (Å²) in [5.41, 5.74) is 10.8. The van der Waals surface area contributed by atoms with Gasteiger partial charge in [-0.25, -0.2) is 4.79 Å². The number of carboxylic acids is 1. The molecule has 0 saturated carbocycles. The van der Waals surface area contributed by atoms with Crippen LogP contribution in [0.3, 0.4) is 0 Å². The van der Waals surface area contributed by atoms with E-state index < -0.39 is 12.1 Å². The standard InChI is InChI=1S/C11H13BrN4O3/c1-6(10(17)18)19-9-3-2-8(12)4-7(9)5-15-16-11(13)14/h2-6H,1H3,(H,17,18)(H4,13,14,16). The topological polar surface area (TPSA) is 123 Å². The van der Waals surface area contributed by atoms with E-state index in [-0.39, 0.29) is 5.96 Å². The van der Waals surface area contributed by atoms with Gasteiger partial charge in [0.1, 0.15) is 5.75 Å². The molecule has 0 fully saturated rings. The fourth-order valence-corrected chi connectivity index (χ4v) is 1.50. The molecule has 1 unspecified atom stereocenters. The summed E-state index contributed by atoms with van der Waals surface area (Å²) in [4.78, 5) is 10.8. The van der Waals surface area contributed by atoms with Gasteiger partial charge in [0.15, 0.2) is 6.10 Å². The maximum atomic E-state index is 10.8. The van der Waals surface area contributed by atoms with E-state index in [4.69, 9.17) is 21.3 Å². The van der Waals surface area contributed by atoms with Gasteiger partial charge in [-0.2, -0.15) is 5.10 Å². The summed E-state index contributed by atoms with van der Waals surface area (Å²) in [6.45, 7) is 1.43. The Balaban J connectivity index is 3.01. The van der Waals surface area contributed by atoms with E-state index >= 15 is 0 Å². The van der Waals surface area contributed by atoms with Gasteiger partial charge in [-0.05, 0) is 25.1 Å². The van der Waals surface area contributed by atoms with Crippen molar-refractivity contribution < 1.29 is 14.6 Å². The molecule has 0 radical (unpaired) electrons. The molecule has 0 aromatic heterocycles. The van der Waals surface area contributed by atoms with Gasteiger partial charge in [-0.1, -0.05) is 15.9 Å². The van der Waals surface area contributed by atoms with E-state index in [0.717, 1.165) is 4.47 Å². The van der Waals surface area contributed by atoms with Crippen LogP contribution in [0, 0.1) is 0 Å². The molecular weight excluding hydrogens is 316 g/mol. The molecule has 8 heteroatoms. The highest BCUT2D eigenvalue weighted by Gasteiger charge is 2.14. The highest BCUT2D eigenvalue weighted by Crippen LogP contribution is 2.23. The van der Waals surface area contributed by atoms with Crippen LogP contribution in [-0.4, -0.2) is 29.4 Å². The zero-order valence-electron chi connectivity index (χ0n) is 10.1. The van der Waals surface area contributed by atoms with Crippen molar-refractivity contribution in [1.29, 1.82) is 0 Å². The molecule has 1 rings (SSSR count). The minimum atomic E-state index is -1.06. The van der Waals surface area contributed by atoms with Crippen LogP contribution in [-0.2, 0) is 4.79 Å². The van der Waals surface area contributed by atoms with Gasteiger partial charge in [0.2, 0.25) is 5.96 Å². The van der Waals surface area contributed by atoms with Crippen molar-refractivity contribution in [3.63, 3.8) is 0 Å². The molecule has 0 bridgehead atoms. The highest BCUT2D eigenvalue weighted by molar-refractivity contribution is 9.10. The molecule has 7 nitrogen and oxygen atoms in total. The second-order valence-electron chi connectivity index (χ2n) is 3.55. The lowest BCUT2D eigenvalue weighted by atomic mass is 10.2. The zero-order valence-corrected chi connectivity index (χ0v) is 11.7. The van der Waals surface area contributed by atoms with Crippen LogP contribution in [0.1, 0.15) is 12.5 Å². The van der Waals surface area contributed by atoms with Crippen LogP contribution in [0.15, 0.2) is 32.9 Å². The predicted octanol–water partition coefficient (Wildman–Crippen LogP) is 0.908. The molecule has 5 N–H and O–H groups in total. The summed E-state index contributed by atoms with van der Waals surface area (Å²) >= 11 is 3.29. The van der Waals surface area contributed by atoms with Crippen molar-refractivity contribution in [1.82, 2.24) is 0 Å². The summed E-state index contributed by atoms with van der Waals surface area (Å²) in [5, 5.41) is 15.9. The number of guanidine groups is 1. The minimum absolute atomic E-state index is 0.174. The monoisotopic (exact) mass is 328 g/mol. The Labute approximate surface area is 118 Å². The largest absolute Gasteiger partial charge is 0.479 e. The van der Waals surface area contributed by atoms with Crippen molar-refractivity contribution >= 4 is 34.1 Å². The fourth-order valence-electron chi connectivity index (χ4n) is 1.13. The average molecular weight is 329 g/mol. The quantitative estimate of drug-likeness (QED) is 0.421. The van der Waals surface area contributed by atoms with Crippen molar-refractivity contribution in [3.05, 3.63) is 28.2 Å². The van der Waals surface area contributed by atoms with E-state index in [1.54, 1.807) is 18.2 Å². The third kappa shape index (κ3) is 4.96. The third-order valence-corrected chi connectivity index (χ3v) is 2.49. The molecule has 0 saturated heterocycles. The van der Waals surface area contributed by atoms with Gasteiger partial charge in [0.25, 0.3) is 0 Å². The Kier molecular flexibility index (Phi) is 5.31. The Morgan fingerprint density at radius 3 is 2.79 bits per heavy atom. The molecule has 0 aliphatic carbocycles. The van der Waals surface area contributed by atoms with Crippen molar-refractivity contribution in [3.8, 4) is 5.75 Å². The lowest BCUT2D eigenvalue weighted by Gasteiger charge is -2.12. The van der Waals surface area contributed by atoms with E-state index in [1.165, 1.54) is 13.1 Å². The number of nitrogens with two attached hydrogens (primary N) is 2. The van der Waals surface area contributed by atoms with Crippen LogP contribution < -0.4 is 16.2 Å². The van der Waals surface area contributed by atoms with Crippen LogP contribution in [0.2, 0.25) is 0 Å². The van der Waals surface area contributed by atoms with E-state index in [9.17, 15) is 4.79 Å². The highest BCUT2D eigenvalue weighted by atomic mass is 79.9. The predicted molar refractivity (Wildman–Crippen MR) is 75.3 cm³/mol. The number of rotatable bonds is 5. The Morgan fingerprint density at radius 2 is 2.21 bits per heavy atom. The molecule has 0 aliphatic heterocycles. The minimum Gasteiger partial charge on any atom is -0.479 e. The molecule has 1 aromatic rings. The normalized spacial score (nSPS) is 12.1. The van der Waals surface area contributed by atoms with Gasteiger partial charge in [0, 0.05) is 10.0 Å². The summed E-state index contributed by atoms with van der Waals surface area (Å²) in [7, 11) is 0. The lowest BCUT2D eigenvalue weighted by Crippen LogP contribution is -2.23. The van der Waals surface area contributed by atoms with Crippen molar-refractivity contribution in [2.24, 2.45) is 21.7 Å². The molecule has 102 valence electrons. The van der Waals surface area contributed by atoms with E-state index in [2.05, 4.69) is 26.1 Å². The smallest absolute Gasteiger partial charge is 0.344 e. The maximum Gasteiger partial charge on any atom is 0.344 e. The SMILES string of the molecule is CC(Oc1ccc(Br)cc1C=NN=C(N)N)C(=O)O. The number of hydrogen-bond donors (Lipinski definition) is 3. The number of carbonyl (C=O) groups is 1. The van der Waals surface area contributed by atoms with Gasteiger partial charge < -0.3 is 21.3 Å². The van der Waals surface area contributed by atoms with Crippen LogP contribution in [0.4, 0.5) is 0 Å². The maximum absolute atomic E-state index is 10.8. The summed E-state index contributed by atoms with van der Waals surface area (Å²) in [6.07, 6.45) is 0.394. The van der Waals surface area contributed by atoms with Gasteiger partial charge in [-0.3, -0.25) is 0 Å². The summed E-state index contributed by atoms with van der Waals surface area (Å²) in [5.74, 6) is -0.865. The van der Waals surface area contributed by atoms with Gasteiger partial charge in [0.05, 0.1) is 6.21 Å². The van der Waals surface area contributed by atoms with Crippen LogP contribution in [0.25, 0.3) is 0 Å². The first-order valence-electron chi connectivity index (χ1n) is 5.21. The lowest BCUT2D eigenvalue weighted by molar-refractivity contribution is -0.144. The summed E-state index contributed by atoms with van der Waals surface area (Å²) in [6, 6.07) is 5.05.